The first kappa shape index (κ1) is 12.0. The Morgan fingerprint density at radius 1 is 0.917 bits per heavy atom. The van der Waals surface area contributed by atoms with Crippen LogP contribution in [0.2, 0.25) is 0 Å². The first-order valence-electron chi connectivity index (χ1n) is 3.88. The van der Waals surface area contributed by atoms with E-state index >= 15 is 0 Å². The van der Waals surface area contributed by atoms with Crippen LogP contribution in [0.5, 0.6) is 0 Å². The summed E-state index contributed by atoms with van der Waals surface area (Å²) in [6, 6.07) is 0. The van der Waals surface area contributed by atoms with Gasteiger partial charge in [0.05, 0.1) is 0 Å². The normalized spacial score (nSPS) is 22.0. The molecule has 0 bridgehead atoms. The Bertz CT molecular complexity index is 117. The first-order valence-corrected chi connectivity index (χ1v) is 3.88. The van der Waals surface area contributed by atoms with E-state index in [-0.39, 0.29) is 12.4 Å². The molecule has 0 saturated carbocycles. The second kappa shape index (κ2) is 5.65. The number of rotatable bonds is 2. The SMILES string of the molecule is Cl.FC(F)C(F)N1CCCCC1. The van der Waals surface area contributed by atoms with E-state index in [1.54, 1.807) is 0 Å². The molecule has 1 aliphatic heterocycles. The molecule has 74 valence electrons. The van der Waals surface area contributed by atoms with E-state index < -0.39 is 12.7 Å². The van der Waals surface area contributed by atoms with Gasteiger partial charge in [-0.3, -0.25) is 4.90 Å². The van der Waals surface area contributed by atoms with Crippen molar-refractivity contribution in [3.63, 3.8) is 0 Å². The number of hydrogen-bond donors (Lipinski definition) is 0. The van der Waals surface area contributed by atoms with E-state index in [4.69, 9.17) is 0 Å². The van der Waals surface area contributed by atoms with E-state index in [2.05, 4.69) is 0 Å². The van der Waals surface area contributed by atoms with E-state index in [0.717, 1.165) is 19.3 Å². The van der Waals surface area contributed by atoms with Crippen molar-refractivity contribution in [2.45, 2.75) is 32.0 Å². The molecule has 0 aromatic heterocycles. The molecule has 1 aliphatic rings. The summed E-state index contributed by atoms with van der Waals surface area (Å²) in [6.07, 6.45) is -2.18. The molecular weight excluding hydrogens is 191 g/mol. The first-order chi connectivity index (χ1) is 5.22. The molecule has 1 unspecified atom stereocenters. The number of hydrogen-bond acceptors (Lipinski definition) is 1. The van der Waals surface area contributed by atoms with Crippen LogP contribution in [-0.4, -0.2) is 30.7 Å². The van der Waals surface area contributed by atoms with Gasteiger partial charge in [0.25, 0.3) is 6.43 Å². The number of piperidine rings is 1. The minimum absolute atomic E-state index is 0. The molecule has 0 spiro atoms. The summed E-state index contributed by atoms with van der Waals surface area (Å²) < 4.78 is 36.2. The van der Waals surface area contributed by atoms with E-state index in [0.29, 0.717) is 13.1 Å². The smallest absolute Gasteiger partial charge is 0.269 e. The summed E-state index contributed by atoms with van der Waals surface area (Å²) in [5.74, 6) is 0. The third-order valence-electron chi connectivity index (χ3n) is 1.95. The minimum Gasteiger partial charge on any atom is -0.269 e. The molecule has 0 N–H and O–H groups in total. The summed E-state index contributed by atoms with van der Waals surface area (Å²) in [6.45, 7) is 0.955. The monoisotopic (exact) mass is 203 g/mol. The summed E-state index contributed by atoms with van der Waals surface area (Å²) in [5, 5.41) is 0. The lowest BCUT2D eigenvalue weighted by atomic mass is 10.1. The van der Waals surface area contributed by atoms with Crippen LogP contribution in [0, 0.1) is 0 Å². The van der Waals surface area contributed by atoms with Crippen LogP contribution in [0.25, 0.3) is 0 Å². The van der Waals surface area contributed by atoms with Crippen molar-refractivity contribution in [1.82, 2.24) is 4.90 Å². The highest BCUT2D eigenvalue weighted by Crippen LogP contribution is 2.17. The zero-order valence-corrected chi connectivity index (χ0v) is 7.50. The predicted octanol–water partition coefficient (Wildman–Crippen LogP) is 2.45. The highest BCUT2D eigenvalue weighted by Gasteiger charge is 2.27. The molecule has 1 atom stereocenters. The Morgan fingerprint density at radius 2 is 1.42 bits per heavy atom. The van der Waals surface area contributed by atoms with Gasteiger partial charge in [-0.15, -0.1) is 12.4 Å². The van der Waals surface area contributed by atoms with Crippen LogP contribution in [0.1, 0.15) is 19.3 Å². The van der Waals surface area contributed by atoms with E-state index in [1.807, 2.05) is 0 Å². The van der Waals surface area contributed by atoms with Crippen molar-refractivity contribution in [3.8, 4) is 0 Å². The zero-order valence-electron chi connectivity index (χ0n) is 6.68. The van der Waals surface area contributed by atoms with Crippen molar-refractivity contribution in [3.05, 3.63) is 0 Å². The van der Waals surface area contributed by atoms with Gasteiger partial charge in [-0.25, -0.2) is 13.2 Å². The fourth-order valence-electron chi connectivity index (χ4n) is 1.32. The lowest BCUT2D eigenvalue weighted by Crippen LogP contribution is -2.40. The van der Waals surface area contributed by atoms with Crippen molar-refractivity contribution >= 4 is 12.4 Å². The Morgan fingerprint density at radius 3 is 1.83 bits per heavy atom. The third kappa shape index (κ3) is 3.19. The molecule has 1 saturated heterocycles. The standard InChI is InChI=1S/C7H12F3N.ClH/c8-6(9)7(10)11-4-2-1-3-5-11;/h6-7H,1-5H2;1H. The summed E-state index contributed by atoms with van der Waals surface area (Å²) in [4.78, 5) is 1.22. The number of nitrogens with zero attached hydrogens (tertiary/aromatic N) is 1. The largest absolute Gasteiger partial charge is 0.282 e. The summed E-state index contributed by atoms with van der Waals surface area (Å²) >= 11 is 0. The highest BCUT2D eigenvalue weighted by molar-refractivity contribution is 5.85. The van der Waals surface area contributed by atoms with Crippen LogP contribution >= 0.6 is 12.4 Å². The Labute approximate surface area is 76.3 Å². The number of likely N-dealkylation sites (tertiary alicyclic amines) is 1. The maximum atomic E-state index is 12.6. The molecule has 5 heteroatoms. The Kier molecular flexibility index (Phi) is 5.66. The second-order valence-corrected chi connectivity index (χ2v) is 2.80. The fourth-order valence-corrected chi connectivity index (χ4v) is 1.32. The van der Waals surface area contributed by atoms with Crippen LogP contribution in [0.4, 0.5) is 13.2 Å². The maximum Gasteiger partial charge on any atom is 0.282 e. The van der Waals surface area contributed by atoms with Crippen molar-refractivity contribution in [2.24, 2.45) is 0 Å². The average molecular weight is 204 g/mol. The summed E-state index contributed by atoms with van der Waals surface area (Å²) in [5.41, 5.74) is 0. The average Bonchev–Trinajstić information content (AvgIpc) is 2.05. The molecule has 0 aromatic rings. The van der Waals surface area contributed by atoms with Gasteiger partial charge >= 0.3 is 0 Å². The van der Waals surface area contributed by atoms with Crippen molar-refractivity contribution in [1.29, 1.82) is 0 Å². The number of halogens is 4. The van der Waals surface area contributed by atoms with Gasteiger partial charge < -0.3 is 0 Å². The third-order valence-corrected chi connectivity index (χ3v) is 1.95. The Balaban J connectivity index is 0.00000121. The highest BCUT2D eigenvalue weighted by atomic mass is 35.5. The van der Waals surface area contributed by atoms with Gasteiger partial charge in [-0.2, -0.15) is 0 Å². The molecule has 1 fully saturated rings. The fraction of sp³-hybridized carbons (Fsp3) is 1.00. The zero-order chi connectivity index (χ0) is 8.27. The van der Waals surface area contributed by atoms with Crippen molar-refractivity contribution < 1.29 is 13.2 Å². The van der Waals surface area contributed by atoms with Gasteiger partial charge in [0, 0.05) is 13.1 Å². The molecule has 0 radical (unpaired) electrons. The predicted molar refractivity (Wildman–Crippen MR) is 43.6 cm³/mol. The van der Waals surface area contributed by atoms with Gasteiger partial charge in [0.2, 0.25) is 6.30 Å². The quantitative estimate of drug-likeness (QED) is 0.624. The van der Waals surface area contributed by atoms with Gasteiger partial charge in [-0.1, -0.05) is 6.42 Å². The topological polar surface area (TPSA) is 3.24 Å². The molecule has 12 heavy (non-hydrogen) atoms. The summed E-state index contributed by atoms with van der Waals surface area (Å²) in [7, 11) is 0. The molecule has 0 aromatic carbocycles. The molecular formula is C7H13ClF3N. The molecule has 0 aliphatic carbocycles. The van der Waals surface area contributed by atoms with Crippen molar-refractivity contribution in [2.75, 3.05) is 13.1 Å². The molecule has 1 nitrogen and oxygen atoms in total. The van der Waals surface area contributed by atoms with Crippen LogP contribution in [0.3, 0.4) is 0 Å². The van der Waals surface area contributed by atoms with Gasteiger partial charge in [-0.05, 0) is 12.8 Å². The second-order valence-electron chi connectivity index (χ2n) is 2.80. The maximum absolute atomic E-state index is 12.6. The number of alkyl halides is 3. The van der Waals surface area contributed by atoms with E-state index in [1.165, 1.54) is 4.90 Å². The molecule has 0 amide bonds. The lowest BCUT2D eigenvalue weighted by molar-refractivity contribution is -0.0555. The minimum atomic E-state index is -2.85. The van der Waals surface area contributed by atoms with E-state index in [9.17, 15) is 13.2 Å². The van der Waals surface area contributed by atoms with Crippen LogP contribution < -0.4 is 0 Å². The van der Waals surface area contributed by atoms with Gasteiger partial charge in [0.1, 0.15) is 0 Å². The van der Waals surface area contributed by atoms with Crippen LogP contribution in [0.15, 0.2) is 0 Å². The lowest BCUT2D eigenvalue weighted by Gasteiger charge is -2.28. The Hall–Kier alpha value is 0.0400. The van der Waals surface area contributed by atoms with Gasteiger partial charge in [0.15, 0.2) is 0 Å². The molecule has 1 rings (SSSR count). The molecule has 1 heterocycles. The van der Waals surface area contributed by atoms with Crippen LogP contribution in [-0.2, 0) is 0 Å².